The second kappa shape index (κ2) is 8.04. The highest BCUT2D eigenvalue weighted by atomic mass is 19.1. The summed E-state index contributed by atoms with van der Waals surface area (Å²) < 4.78 is 38.3. The van der Waals surface area contributed by atoms with Gasteiger partial charge in [-0.3, -0.25) is 9.78 Å². The van der Waals surface area contributed by atoms with E-state index in [0.717, 1.165) is 0 Å². The van der Waals surface area contributed by atoms with E-state index in [1.807, 2.05) is 0 Å². The number of carbonyl (C=O) groups is 1. The Morgan fingerprint density at radius 3 is 2.66 bits per heavy atom. The van der Waals surface area contributed by atoms with Gasteiger partial charge in [0.2, 0.25) is 0 Å². The van der Waals surface area contributed by atoms with E-state index in [9.17, 15) is 13.6 Å². The van der Waals surface area contributed by atoms with Crippen molar-refractivity contribution >= 4 is 5.91 Å². The van der Waals surface area contributed by atoms with Gasteiger partial charge in [-0.05, 0) is 36.3 Å². The molecule has 0 aliphatic carbocycles. The SMILES string of the molecule is Cc1nonc1C(=O)N1CCO[C@@H](c2cccc(Cc3c(F)cccc3F)n2)C1. The highest BCUT2D eigenvalue weighted by molar-refractivity contribution is 5.93. The Bertz CT molecular complexity index is 1020. The zero-order valence-electron chi connectivity index (χ0n) is 15.6. The van der Waals surface area contributed by atoms with Gasteiger partial charge in [-0.1, -0.05) is 17.3 Å². The molecule has 1 aromatic carbocycles. The summed E-state index contributed by atoms with van der Waals surface area (Å²) in [5, 5.41) is 7.30. The normalized spacial score (nSPS) is 16.8. The molecule has 1 saturated heterocycles. The Labute approximate surface area is 165 Å². The number of ether oxygens (including phenoxy) is 1. The average molecular weight is 400 g/mol. The van der Waals surface area contributed by atoms with Crippen molar-refractivity contribution in [3.63, 3.8) is 0 Å². The van der Waals surface area contributed by atoms with Gasteiger partial charge in [-0.25, -0.2) is 13.4 Å². The van der Waals surface area contributed by atoms with E-state index in [0.29, 0.717) is 30.2 Å². The molecule has 1 aliphatic rings. The number of carbonyl (C=O) groups excluding carboxylic acids is 1. The van der Waals surface area contributed by atoms with Crippen LogP contribution in [0.15, 0.2) is 41.0 Å². The summed E-state index contributed by atoms with van der Waals surface area (Å²) in [4.78, 5) is 18.8. The largest absolute Gasteiger partial charge is 0.368 e. The fourth-order valence-electron chi connectivity index (χ4n) is 3.25. The van der Waals surface area contributed by atoms with Crippen LogP contribution in [0.4, 0.5) is 8.78 Å². The van der Waals surface area contributed by atoms with Crippen molar-refractivity contribution in [2.75, 3.05) is 19.7 Å². The summed E-state index contributed by atoms with van der Waals surface area (Å²) in [7, 11) is 0. The number of halogens is 2. The Morgan fingerprint density at radius 2 is 1.93 bits per heavy atom. The molecule has 2 aromatic heterocycles. The Hall–Kier alpha value is -3.20. The summed E-state index contributed by atoms with van der Waals surface area (Å²) in [6.45, 7) is 2.65. The first-order valence-electron chi connectivity index (χ1n) is 9.11. The lowest BCUT2D eigenvalue weighted by Crippen LogP contribution is -2.42. The van der Waals surface area contributed by atoms with E-state index < -0.39 is 17.7 Å². The zero-order valence-corrected chi connectivity index (χ0v) is 15.6. The predicted molar refractivity (Wildman–Crippen MR) is 97.0 cm³/mol. The number of pyridine rings is 1. The number of amides is 1. The van der Waals surface area contributed by atoms with E-state index in [4.69, 9.17) is 4.74 Å². The van der Waals surface area contributed by atoms with Crippen molar-refractivity contribution in [3.8, 4) is 0 Å². The summed E-state index contributed by atoms with van der Waals surface area (Å²) >= 11 is 0. The van der Waals surface area contributed by atoms with Crippen LogP contribution in [-0.2, 0) is 11.2 Å². The number of morpholine rings is 1. The minimum Gasteiger partial charge on any atom is -0.368 e. The Kier molecular flexibility index (Phi) is 5.30. The third-order valence-corrected chi connectivity index (χ3v) is 4.79. The summed E-state index contributed by atoms with van der Waals surface area (Å²) in [5.41, 5.74) is 1.65. The fraction of sp³-hybridized carbons (Fsp3) is 0.300. The van der Waals surface area contributed by atoms with Gasteiger partial charge in [0.05, 0.1) is 18.8 Å². The van der Waals surface area contributed by atoms with Gasteiger partial charge < -0.3 is 9.64 Å². The summed E-state index contributed by atoms with van der Waals surface area (Å²) in [5.74, 6) is -1.51. The molecule has 1 atom stereocenters. The van der Waals surface area contributed by atoms with Crippen LogP contribution in [0.2, 0.25) is 0 Å². The van der Waals surface area contributed by atoms with Crippen molar-refractivity contribution in [1.29, 1.82) is 0 Å². The van der Waals surface area contributed by atoms with E-state index >= 15 is 0 Å². The van der Waals surface area contributed by atoms with Gasteiger partial charge in [0, 0.05) is 24.2 Å². The van der Waals surface area contributed by atoms with Gasteiger partial charge in [-0.2, -0.15) is 0 Å². The molecule has 0 spiro atoms. The van der Waals surface area contributed by atoms with Gasteiger partial charge >= 0.3 is 0 Å². The molecule has 0 radical (unpaired) electrons. The molecule has 0 unspecified atom stereocenters. The number of aromatic nitrogens is 3. The molecule has 3 aromatic rings. The smallest absolute Gasteiger partial charge is 0.278 e. The predicted octanol–water partition coefficient (Wildman–Crippen LogP) is 2.86. The standard InChI is InChI=1S/C20H18F2N4O3/c1-12-19(25-29-24-12)20(27)26-8-9-28-18(11-26)17-7-2-4-13(23-17)10-14-15(21)5-3-6-16(14)22/h2-7,18H,8-11H2,1H3/t18-/m1/s1. The maximum absolute atomic E-state index is 13.9. The van der Waals surface area contributed by atoms with Crippen molar-refractivity contribution in [3.05, 3.63) is 76.4 Å². The van der Waals surface area contributed by atoms with E-state index in [1.165, 1.54) is 18.2 Å². The average Bonchev–Trinajstić information content (AvgIpc) is 3.16. The van der Waals surface area contributed by atoms with Crippen LogP contribution in [0.25, 0.3) is 0 Å². The topological polar surface area (TPSA) is 81.4 Å². The quantitative estimate of drug-likeness (QED) is 0.670. The highest BCUT2D eigenvalue weighted by Gasteiger charge is 2.29. The molecule has 150 valence electrons. The van der Waals surface area contributed by atoms with E-state index in [2.05, 4.69) is 19.9 Å². The van der Waals surface area contributed by atoms with Crippen molar-refractivity contribution in [1.82, 2.24) is 20.2 Å². The van der Waals surface area contributed by atoms with Gasteiger partial charge in [0.15, 0.2) is 5.69 Å². The highest BCUT2D eigenvalue weighted by Crippen LogP contribution is 2.23. The monoisotopic (exact) mass is 400 g/mol. The molecule has 9 heteroatoms. The fourth-order valence-corrected chi connectivity index (χ4v) is 3.25. The minimum atomic E-state index is -0.612. The molecule has 1 fully saturated rings. The minimum absolute atomic E-state index is 0.0194. The molecule has 29 heavy (non-hydrogen) atoms. The third-order valence-electron chi connectivity index (χ3n) is 4.79. The summed E-state index contributed by atoms with van der Waals surface area (Å²) in [6, 6.07) is 8.99. The molecule has 0 bridgehead atoms. The van der Waals surface area contributed by atoms with Crippen LogP contribution in [0, 0.1) is 18.6 Å². The maximum atomic E-state index is 13.9. The maximum Gasteiger partial charge on any atom is 0.278 e. The molecule has 4 rings (SSSR count). The molecular weight excluding hydrogens is 382 g/mol. The summed E-state index contributed by atoms with van der Waals surface area (Å²) in [6.07, 6.45) is -0.441. The van der Waals surface area contributed by atoms with Gasteiger partial charge in [0.1, 0.15) is 23.4 Å². The van der Waals surface area contributed by atoms with Crippen LogP contribution >= 0.6 is 0 Å². The number of hydrogen-bond donors (Lipinski definition) is 0. The van der Waals surface area contributed by atoms with Gasteiger partial charge in [-0.15, -0.1) is 0 Å². The van der Waals surface area contributed by atoms with Crippen molar-refractivity contribution in [2.45, 2.75) is 19.4 Å². The van der Waals surface area contributed by atoms with Crippen LogP contribution in [0.1, 0.15) is 39.2 Å². The number of aryl methyl sites for hydroxylation is 1. The van der Waals surface area contributed by atoms with E-state index in [-0.39, 0.29) is 30.1 Å². The molecular formula is C20H18F2N4O3. The Balaban J connectivity index is 1.52. The van der Waals surface area contributed by atoms with Crippen molar-refractivity contribution in [2.24, 2.45) is 0 Å². The molecule has 3 heterocycles. The van der Waals surface area contributed by atoms with Crippen LogP contribution < -0.4 is 0 Å². The number of hydrogen-bond acceptors (Lipinski definition) is 6. The van der Waals surface area contributed by atoms with Crippen molar-refractivity contribution < 1.29 is 22.9 Å². The number of benzene rings is 1. The lowest BCUT2D eigenvalue weighted by atomic mass is 10.1. The first-order valence-corrected chi connectivity index (χ1v) is 9.11. The number of rotatable bonds is 4. The first-order chi connectivity index (χ1) is 14.0. The van der Waals surface area contributed by atoms with Crippen LogP contribution in [0.5, 0.6) is 0 Å². The zero-order chi connectivity index (χ0) is 20.4. The Morgan fingerprint density at radius 1 is 1.17 bits per heavy atom. The lowest BCUT2D eigenvalue weighted by Gasteiger charge is -2.32. The molecule has 0 saturated carbocycles. The van der Waals surface area contributed by atoms with Crippen LogP contribution in [-0.4, -0.2) is 45.8 Å². The molecule has 1 aliphatic heterocycles. The van der Waals surface area contributed by atoms with Crippen LogP contribution in [0.3, 0.4) is 0 Å². The van der Waals surface area contributed by atoms with Gasteiger partial charge in [0.25, 0.3) is 5.91 Å². The molecule has 1 amide bonds. The second-order valence-corrected chi connectivity index (χ2v) is 6.74. The number of nitrogens with zero attached hydrogens (tertiary/aromatic N) is 4. The molecule has 7 nitrogen and oxygen atoms in total. The second-order valence-electron chi connectivity index (χ2n) is 6.74. The van der Waals surface area contributed by atoms with E-state index in [1.54, 1.807) is 30.0 Å². The lowest BCUT2D eigenvalue weighted by molar-refractivity contribution is -0.0251. The molecule has 0 N–H and O–H groups in total. The third kappa shape index (κ3) is 4.00. The first kappa shape index (κ1) is 19.1.